The number of hydrogen-bond acceptors (Lipinski definition) is 4. The van der Waals surface area contributed by atoms with Gasteiger partial charge in [0.15, 0.2) is 11.5 Å². The Kier molecular flexibility index (Phi) is 4.04. The van der Waals surface area contributed by atoms with Crippen molar-refractivity contribution in [3.8, 4) is 11.5 Å². The summed E-state index contributed by atoms with van der Waals surface area (Å²) in [5.41, 5.74) is 0.352. The maximum absolute atomic E-state index is 11.8. The lowest BCUT2D eigenvalue weighted by Gasteiger charge is -2.11. The van der Waals surface area contributed by atoms with Crippen molar-refractivity contribution in [2.45, 2.75) is 25.3 Å². The third kappa shape index (κ3) is 3.13. The van der Waals surface area contributed by atoms with Gasteiger partial charge in [-0.3, -0.25) is 4.79 Å². The van der Waals surface area contributed by atoms with E-state index in [2.05, 4.69) is 10.6 Å². The van der Waals surface area contributed by atoms with Crippen LogP contribution in [0.2, 0.25) is 0 Å². The summed E-state index contributed by atoms with van der Waals surface area (Å²) < 4.78 is 0. The van der Waals surface area contributed by atoms with E-state index in [9.17, 15) is 9.90 Å². The predicted octanol–water partition coefficient (Wildman–Crippen LogP) is 0.970. The SMILES string of the molecule is O=C(NCCC1CCCN1)c1ccc(O)c(O)c1. The number of amides is 1. The Labute approximate surface area is 106 Å². The maximum atomic E-state index is 11.8. The molecule has 0 spiro atoms. The predicted molar refractivity (Wildman–Crippen MR) is 67.7 cm³/mol. The Morgan fingerprint density at radius 2 is 2.22 bits per heavy atom. The Bertz CT molecular complexity index is 428. The smallest absolute Gasteiger partial charge is 0.251 e. The molecule has 5 nitrogen and oxygen atoms in total. The van der Waals surface area contributed by atoms with E-state index in [1.165, 1.54) is 24.6 Å². The van der Waals surface area contributed by atoms with Crippen LogP contribution in [0.1, 0.15) is 29.6 Å². The van der Waals surface area contributed by atoms with Crippen LogP contribution in [0.15, 0.2) is 18.2 Å². The van der Waals surface area contributed by atoms with Crippen molar-refractivity contribution in [3.05, 3.63) is 23.8 Å². The molecule has 1 aliphatic rings. The van der Waals surface area contributed by atoms with Crippen LogP contribution in [0, 0.1) is 0 Å². The fourth-order valence-corrected chi connectivity index (χ4v) is 2.13. The molecular formula is C13H18N2O3. The second-order valence-corrected chi connectivity index (χ2v) is 4.54. The summed E-state index contributed by atoms with van der Waals surface area (Å²) in [6, 6.07) is 4.55. The molecule has 0 bridgehead atoms. The van der Waals surface area contributed by atoms with E-state index in [0.29, 0.717) is 18.2 Å². The van der Waals surface area contributed by atoms with Gasteiger partial charge in [0.25, 0.3) is 5.91 Å². The van der Waals surface area contributed by atoms with Gasteiger partial charge >= 0.3 is 0 Å². The Balaban J connectivity index is 1.81. The summed E-state index contributed by atoms with van der Waals surface area (Å²) in [5, 5.41) is 24.6. The number of aromatic hydroxyl groups is 2. The second-order valence-electron chi connectivity index (χ2n) is 4.54. The summed E-state index contributed by atoms with van der Waals surface area (Å²) in [6.45, 7) is 1.67. The molecule has 1 aromatic rings. The average Bonchev–Trinajstić information content (AvgIpc) is 2.85. The van der Waals surface area contributed by atoms with Crippen molar-refractivity contribution in [1.29, 1.82) is 0 Å². The largest absolute Gasteiger partial charge is 0.504 e. The molecule has 5 heteroatoms. The van der Waals surface area contributed by atoms with Crippen LogP contribution in [-0.4, -0.2) is 35.3 Å². The van der Waals surface area contributed by atoms with Crippen molar-refractivity contribution >= 4 is 5.91 Å². The van der Waals surface area contributed by atoms with Gasteiger partial charge in [0.2, 0.25) is 0 Å². The first-order valence-corrected chi connectivity index (χ1v) is 6.20. The lowest BCUT2D eigenvalue weighted by atomic mass is 10.1. The summed E-state index contributed by atoms with van der Waals surface area (Å²) >= 11 is 0. The molecule has 1 amide bonds. The highest BCUT2D eigenvalue weighted by atomic mass is 16.3. The highest BCUT2D eigenvalue weighted by Crippen LogP contribution is 2.24. The normalized spacial score (nSPS) is 18.8. The molecule has 0 aromatic heterocycles. The minimum atomic E-state index is -0.278. The number of nitrogens with one attached hydrogen (secondary N) is 2. The van der Waals surface area contributed by atoms with Gasteiger partial charge in [0, 0.05) is 18.2 Å². The number of benzene rings is 1. The molecule has 1 atom stereocenters. The van der Waals surface area contributed by atoms with Crippen LogP contribution >= 0.6 is 0 Å². The molecule has 1 saturated heterocycles. The molecule has 98 valence electrons. The molecule has 1 unspecified atom stereocenters. The quantitative estimate of drug-likeness (QED) is 0.600. The van der Waals surface area contributed by atoms with Crippen molar-refractivity contribution in [3.63, 3.8) is 0 Å². The van der Waals surface area contributed by atoms with Gasteiger partial charge in [-0.25, -0.2) is 0 Å². The minimum absolute atomic E-state index is 0.221. The molecule has 2 rings (SSSR count). The minimum Gasteiger partial charge on any atom is -0.504 e. The Morgan fingerprint density at radius 1 is 1.39 bits per heavy atom. The van der Waals surface area contributed by atoms with E-state index in [4.69, 9.17) is 5.11 Å². The third-order valence-corrected chi connectivity index (χ3v) is 3.18. The summed E-state index contributed by atoms with van der Waals surface area (Å²) in [6.07, 6.45) is 3.27. The number of phenolic OH excluding ortho intramolecular Hbond substituents is 2. The molecule has 4 N–H and O–H groups in total. The lowest BCUT2D eigenvalue weighted by Crippen LogP contribution is -2.30. The molecule has 0 saturated carbocycles. The molecule has 18 heavy (non-hydrogen) atoms. The van der Waals surface area contributed by atoms with Crippen LogP contribution in [-0.2, 0) is 0 Å². The zero-order valence-corrected chi connectivity index (χ0v) is 10.1. The highest BCUT2D eigenvalue weighted by molar-refractivity contribution is 5.94. The van der Waals surface area contributed by atoms with Crippen molar-refractivity contribution in [2.75, 3.05) is 13.1 Å². The van der Waals surface area contributed by atoms with Crippen LogP contribution in [0.3, 0.4) is 0 Å². The molecule has 1 fully saturated rings. The van der Waals surface area contributed by atoms with Gasteiger partial charge in [-0.2, -0.15) is 0 Å². The summed E-state index contributed by atoms with van der Waals surface area (Å²) in [4.78, 5) is 11.8. The summed E-state index contributed by atoms with van der Waals surface area (Å²) in [7, 11) is 0. The Morgan fingerprint density at radius 3 is 2.89 bits per heavy atom. The van der Waals surface area contributed by atoms with Crippen molar-refractivity contribution < 1.29 is 15.0 Å². The van der Waals surface area contributed by atoms with Gasteiger partial charge in [-0.1, -0.05) is 0 Å². The van der Waals surface area contributed by atoms with Crippen LogP contribution in [0.5, 0.6) is 11.5 Å². The first kappa shape index (κ1) is 12.7. The van der Waals surface area contributed by atoms with Crippen molar-refractivity contribution in [2.24, 2.45) is 0 Å². The fourth-order valence-electron chi connectivity index (χ4n) is 2.13. The van der Waals surface area contributed by atoms with Gasteiger partial charge in [-0.05, 0) is 44.0 Å². The van der Waals surface area contributed by atoms with Gasteiger partial charge < -0.3 is 20.8 Å². The number of rotatable bonds is 4. The van der Waals surface area contributed by atoms with E-state index >= 15 is 0 Å². The topological polar surface area (TPSA) is 81.6 Å². The number of phenols is 2. The molecule has 0 radical (unpaired) electrons. The van der Waals surface area contributed by atoms with E-state index in [0.717, 1.165) is 19.4 Å². The fraction of sp³-hybridized carbons (Fsp3) is 0.462. The third-order valence-electron chi connectivity index (χ3n) is 3.18. The highest BCUT2D eigenvalue weighted by Gasteiger charge is 2.14. The van der Waals surface area contributed by atoms with E-state index in [1.807, 2.05) is 0 Å². The molecule has 1 aromatic carbocycles. The van der Waals surface area contributed by atoms with E-state index < -0.39 is 0 Å². The maximum Gasteiger partial charge on any atom is 0.251 e. The van der Waals surface area contributed by atoms with Crippen LogP contribution in [0.4, 0.5) is 0 Å². The Hall–Kier alpha value is -1.75. The second kappa shape index (κ2) is 5.73. The van der Waals surface area contributed by atoms with Crippen LogP contribution in [0.25, 0.3) is 0 Å². The van der Waals surface area contributed by atoms with Gasteiger partial charge in [0.05, 0.1) is 0 Å². The van der Waals surface area contributed by atoms with E-state index in [1.54, 1.807) is 0 Å². The number of hydrogen-bond donors (Lipinski definition) is 4. The average molecular weight is 250 g/mol. The standard InChI is InChI=1S/C13H18N2O3/c16-11-4-3-9(8-12(11)17)13(18)15-7-5-10-2-1-6-14-10/h3-4,8,10,14,16-17H,1-2,5-7H2,(H,15,18). The van der Waals surface area contributed by atoms with Gasteiger partial charge in [-0.15, -0.1) is 0 Å². The first-order valence-electron chi connectivity index (χ1n) is 6.20. The summed E-state index contributed by atoms with van der Waals surface area (Å²) in [5.74, 6) is -0.731. The molecular weight excluding hydrogens is 232 g/mol. The zero-order chi connectivity index (χ0) is 13.0. The zero-order valence-electron chi connectivity index (χ0n) is 10.1. The monoisotopic (exact) mass is 250 g/mol. The lowest BCUT2D eigenvalue weighted by molar-refractivity contribution is 0.0952. The molecule has 0 aliphatic carbocycles. The first-order chi connectivity index (χ1) is 8.66. The molecule has 1 aliphatic heterocycles. The number of carbonyl (C=O) groups excluding carboxylic acids is 1. The van der Waals surface area contributed by atoms with E-state index in [-0.39, 0.29) is 17.4 Å². The van der Waals surface area contributed by atoms with Gasteiger partial charge in [0.1, 0.15) is 0 Å². The van der Waals surface area contributed by atoms with Crippen molar-refractivity contribution in [1.82, 2.24) is 10.6 Å². The van der Waals surface area contributed by atoms with Crippen LogP contribution < -0.4 is 10.6 Å². The number of carbonyl (C=O) groups is 1. The molecule has 1 heterocycles.